The summed E-state index contributed by atoms with van der Waals surface area (Å²) in [6.45, 7) is 2.35. The summed E-state index contributed by atoms with van der Waals surface area (Å²) in [6.07, 6.45) is 2.37. The number of rotatable bonds is 3. The zero-order valence-electron chi connectivity index (χ0n) is 10.2. The second kappa shape index (κ2) is 4.35. The van der Waals surface area contributed by atoms with Crippen LogP contribution in [0.3, 0.4) is 0 Å². The number of benzene rings is 1. The van der Waals surface area contributed by atoms with Gasteiger partial charge in [0.25, 0.3) is 5.91 Å². The third-order valence-electron chi connectivity index (χ3n) is 3.21. The van der Waals surface area contributed by atoms with E-state index >= 15 is 0 Å². The second-order valence-electron chi connectivity index (χ2n) is 4.80. The van der Waals surface area contributed by atoms with Crippen LogP contribution < -0.4 is 5.73 Å². The molecule has 0 saturated heterocycles. The highest BCUT2D eigenvalue weighted by Crippen LogP contribution is 2.29. The van der Waals surface area contributed by atoms with Crippen molar-refractivity contribution in [1.29, 1.82) is 0 Å². The van der Waals surface area contributed by atoms with Crippen molar-refractivity contribution in [2.45, 2.75) is 19.8 Å². The zero-order valence-corrected chi connectivity index (χ0v) is 10.2. The highest BCUT2D eigenvalue weighted by Gasteiger charge is 2.25. The van der Waals surface area contributed by atoms with Gasteiger partial charge in [-0.3, -0.25) is 4.79 Å². The molecule has 17 heavy (non-hydrogen) atoms. The summed E-state index contributed by atoms with van der Waals surface area (Å²) in [6, 6.07) is 2.81. The summed E-state index contributed by atoms with van der Waals surface area (Å²) in [5.74, 6) is 0.0345. The Hall–Kier alpha value is -1.58. The Kier molecular flexibility index (Phi) is 3.05. The Labute approximate surface area is 100 Å². The van der Waals surface area contributed by atoms with Gasteiger partial charge in [0, 0.05) is 30.4 Å². The minimum Gasteiger partial charge on any atom is -0.398 e. The van der Waals surface area contributed by atoms with E-state index < -0.39 is 5.82 Å². The van der Waals surface area contributed by atoms with Gasteiger partial charge in [0.15, 0.2) is 0 Å². The molecule has 2 N–H and O–H groups in total. The highest BCUT2D eigenvalue weighted by atomic mass is 19.1. The van der Waals surface area contributed by atoms with Crippen molar-refractivity contribution in [3.8, 4) is 0 Å². The minimum absolute atomic E-state index is 0.164. The van der Waals surface area contributed by atoms with E-state index in [0.717, 1.165) is 6.54 Å². The number of anilines is 1. The summed E-state index contributed by atoms with van der Waals surface area (Å²) in [4.78, 5) is 13.7. The SMILES string of the molecule is Cc1c(N)cc(C(=O)N(C)CC2CC2)cc1F. The van der Waals surface area contributed by atoms with Crippen molar-refractivity contribution < 1.29 is 9.18 Å². The molecular formula is C13H17FN2O. The smallest absolute Gasteiger partial charge is 0.253 e. The first-order valence-electron chi connectivity index (χ1n) is 5.80. The number of hydrogen-bond donors (Lipinski definition) is 1. The number of nitrogens with zero attached hydrogens (tertiary/aromatic N) is 1. The van der Waals surface area contributed by atoms with Crippen LogP contribution in [0.1, 0.15) is 28.8 Å². The molecule has 0 unspecified atom stereocenters. The van der Waals surface area contributed by atoms with Gasteiger partial charge in [-0.05, 0) is 37.8 Å². The Bertz CT molecular complexity index is 432. The first-order valence-corrected chi connectivity index (χ1v) is 5.80. The molecule has 0 radical (unpaired) electrons. The molecule has 1 fully saturated rings. The second-order valence-corrected chi connectivity index (χ2v) is 4.80. The molecule has 1 aliphatic carbocycles. The van der Waals surface area contributed by atoms with E-state index in [1.54, 1.807) is 24.9 Å². The number of halogens is 1. The van der Waals surface area contributed by atoms with E-state index in [9.17, 15) is 9.18 Å². The van der Waals surface area contributed by atoms with E-state index in [-0.39, 0.29) is 5.91 Å². The molecule has 92 valence electrons. The van der Waals surface area contributed by atoms with Crippen LogP contribution in [0.4, 0.5) is 10.1 Å². The molecule has 1 aliphatic rings. The van der Waals surface area contributed by atoms with Crippen LogP contribution in [0.2, 0.25) is 0 Å². The van der Waals surface area contributed by atoms with Crippen molar-refractivity contribution in [1.82, 2.24) is 4.90 Å². The first-order chi connectivity index (χ1) is 7.99. The molecule has 1 saturated carbocycles. The highest BCUT2D eigenvalue weighted by molar-refractivity contribution is 5.95. The maximum absolute atomic E-state index is 13.5. The first kappa shape index (κ1) is 11.9. The Morgan fingerprint density at radius 2 is 2.18 bits per heavy atom. The van der Waals surface area contributed by atoms with Crippen molar-refractivity contribution >= 4 is 11.6 Å². The summed E-state index contributed by atoms with van der Waals surface area (Å²) in [5.41, 5.74) is 6.71. The van der Waals surface area contributed by atoms with Crippen LogP contribution in [0.25, 0.3) is 0 Å². The standard InChI is InChI=1S/C13H17FN2O/c1-8-11(14)5-10(6-12(8)15)13(17)16(2)7-9-3-4-9/h5-6,9H,3-4,7,15H2,1-2H3. The summed E-state index contributed by atoms with van der Waals surface area (Å²) < 4.78 is 13.5. The number of nitrogen functional groups attached to an aromatic ring is 1. The van der Waals surface area contributed by atoms with Crippen molar-refractivity contribution in [2.75, 3.05) is 19.3 Å². The lowest BCUT2D eigenvalue weighted by atomic mass is 10.1. The molecule has 1 aromatic carbocycles. The topological polar surface area (TPSA) is 46.3 Å². The minimum atomic E-state index is -0.423. The molecule has 2 rings (SSSR count). The van der Waals surface area contributed by atoms with Crippen LogP contribution >= 0.6 is 0 Å². The number of amides is 1. The van der Waals surface area contributed by atoms with E-state index in [0.29, 0.717) is 22.7 Å². The molecule has 0 bridgehead atoms. The van der Waals surface area contributed by atoms with Crippen molar-refractivity contribution in [3.05, 3.63) is 29.1 Å². The molecule has 1 amide bonds. The van der Waals surface area contributed by atoms with E-state index in [1.165, 1.54) is 18.9 Å². The maximum Gasteiger partial charge on any atom is 0.253 e. The average Bonchev–Trinajstić information content (AvgIpc) is 3.07. The van der Waals surface area contributed by atoms with Crippen LogP contribution in [-0.4, -0.2) is 24.4 Å². The van der Waals surface area contributed by atoms with Gasteiger partial charge in [0.2, 0.25) is 0 Å². The fourth-order valence-electron chi connectivity index (χ4n) is 1.81. The number of hydrogen-bond acceptors (Lipinski definition) is 2. The van der Waals surface area contributed by atoms with Gasteiger partial charge in [0.05, 0.1) is 0 Å². The molecule has 4 heteroatoms. The number of nitrogens with two attached hydrogens (primary N) is 1. The number of carbonyl (C=O) groups is 1. The van der Waals surface area contributed by atoms with Gasteiger partial charge in [-0.1, -0.05) is 0 Å². The molecule has 0 aliphatic heterocycles. The van der Waals surface area contributed by atoms with Gasteiger partial charge in [0.1, 0.15) is 5.82 Å². The Morgan fingerprint density at radius 1 is 1.53 bits per heavy atom. The maximum atomic E-state index is 13.5. The summed E-state index contributed by atoms with van der Waals surface area (Å²) >= 11 is 0. The lowest BCUT2D eigenvalue weighted by molar-refractivity contribution is 0.0788. The molecule has 0 aromatic heterocycles. The lowest BCUT2D eigenvalue weighted by Gasteiger charge is -2.17. The summed E-state index contributed by atoms with van der Waals surface area (Å²) in [5, 5.41) is 0. The van der Waals surface area contributed by atoms with Crippen molar-refractivity contribution in [2.24, 2.45) is 5.92 Å². The van der Waals surface area contributed by atoms with Gasteiger partial charge < -0.3 is 10.6 Å². The molecule has 3 nitrogen and oxygen atoms in total. The summed E-state index contributed by atoms with van der Waals surface area (Å²) in [7, 11) is 1.74. The quantitative estimate of drug-likeness (QED) is 0.818. The van der Waals surface area contributed by atoms with Gasteiger partial charge >= 0.3 is 0 Å². The van der Waals surface area contributed by atoms with E-state index in [4.69, 9.17) is 5.73 Å². The molecular weight excluding hydrogens is 219 g/mol. The normalized spacial score (nSPS) is 14.8. The van der Waals surface area contributed by atoms with E-state index in [2.05, 4.69) is 0 Å². The monoisotopic (exact) mass is 236 g/mol. The molecule has 0 atom stereocenters. The number of carbonyl (C=O) groups excluding carboxylic acids is 1. The molecule has 1 aromatic rings. The van der Waals surface area contributed by atoms with E-state index in [1.807, 2.05) is 0 Å². The van der Waals surface area contributed by atoms with Crippen LogP contribution in [0.15, 0.2) is 12.1 Å². The third-order valence-corrected chi connectivity index (χ3v) is 3.21. The van der Waals surface area contributed by atoms with Crippen LogP contribution in [0.5, 0.6) is 0 Å². The fraction of sp³-hybridized carbons (Fsp3) is 0.462. The van der Waals surface area contributed by atoms with Crippen LogP contribution in [0, 0.1) is 18.7 Å². The largest absolute Gasteiger partial charge is 0.398 e. The fourth-order valence-corrected chi connectivity index (χ4v) is 1.81. The third kappa shape index (κ3) is 2.57. The molecule has 0 spiro atoms. The zero-order chi connectivity index (χ0) is 12.6. The Morgan fingerprint density at radius 3 is 2.71 bits per heavy atom. The molecule has 0 heterocycles. The van der Waals surface area contributed by atoms with Crippen LogP contribution in [-0.2, 0) is 0 Å². The van der Waals surface area contributed by atoms with Crippen molar-refractivity contribution in [3.63, 3.8) is 0 Å². The van der Waals surface area contributed by atoms with Gasteiger partial charge in [-0.15, -0.1) is 0 Å². The lowest BCUT2D eigenvalue weighted by Crippen LogP contribution is -2.29. The van der Waals surface area contributed by atoms with Gasteiger partial charge in [-0.25, -0.2) is 4.39 Å². The average molecular weight is 236 g/mol. The van der Waals surface area contributed by atoms with Gasteiger partial charge in [-0.2, -0.15) is 0 Å². The predicted molar refractivity (Wildman–Crippen MR) is 65.2 cm³/mol. The Balaban J connectivity index is 2.17. The predicted octanol–water partition coefficient (Wildman–Crippen LogP) is 2.20.